The third kappa shape index (κ3) is 9.36. The first kappa shape index (κ1) is 27.7. The summed E-state index contributed by atoms with van der Waals surface area (Å²) in [6.45, 7) is 7.07. The zero-order valence-electron chi connectivity index (χ0n) is 19.6. The highest BCUT2D eigenvalue weighted by atomic mass is 16.7. The molecule has 11 nitrogen and oxygen atoms in total. The topological polar surface area (TPSA) is 150 Å². The second-order valence-electron chi connectivity index (χ2n) is 7.61. The van der Waals surface area contributed by atoms with E-state index in [1.807, 2.05) is 13.8 Å². The van der Waals surface area contributed by atoms with E-state index in [2.05, 4.69) is 9.47 Å². The van der Waals surface area contributed by atoms with Gasteiger partial charge >= 0.3 is 24.2 Å². The molecule has 0 fully saturated rings. The van der Waals surface area contributed by atoms with Crippen molar-refractivity contribution in [2.75, 3.05) is 20.8 Å². The molecule has 33 heavy (non-hydrogen) atoms. The van der Waals surface area contributed by atoms with Gasteiger partial charge in [-0.2, -0.15) is 0 Å². The molecule has 0 bridgehead atoms. The van der Waals surface area contributed by atoms with E-state index in [-0.39, 0.29) is 42.3 Å². The van der Waals surface area contributed by atoms with E-state index in [1.54, 1.807) is 13.8 Å². The van der Waals surface area contributed by atoms with Crippen molar-refractivity contribution < 1.29 is 47.6 Å². The highest BCUT2D eigenvalue weighted by Crippen LogP contribution is 2.29. The van der Waals surface area contributed by atoms with Crippen molar-refractivity contribution in [3.8, 4) is 11.5 Å². The van der Waals surface area contributed by atoms with E-state index in [9.17, 15) is 19.2 Å². The van der Waals surface area contributed by atoms with Gasteiger partial charge in [0.25, 0.3) is 0 Å². The number of hydrogen-bond donors (Lipinski definition) is 1. The van der Waals surface area contributed by atoms with Crippen molar-refractivity contribution in [1.29, 1.82) is 0 Å². The van der Waals surface area contributed by atoms with Crippen LogP contribution in [0, 0.1) is 11.8 Å². The summed E-state index contributed by atoms with van der Waals surface area (Å²) in [5.74, 6) is -1.46. The zero-order chi connectivity index (χ0) is 25.1. The largest absolute Gasteiger partial charge is 0.513 e. The van der Waals surface area contributed by atoms with Crippen LogP contribution < -0.4 is 15.2 Å². The molecular weight excluding hydrogens is 438 g/mol. The molecule has 0 saturated heterocycles. The Kier molecular flexibility index (Phi) is 11.1. The molecule has 184 valence electrons. The van der Waals surface area contributed by atoms with Crippen LogP contribution in [-0.4, -0.2) is 57.2 Å². The van der Waals surface area contributed by atoms with Gasteiger partial charge in [-0.3, -0.25) is 9.59 Å². The van der Waals surface area contributed by atoms with Gasteiger partial charge < -0.3 is 34.2 Å². The molecule has 0 spiro atoms. The molecule has 0 saturated carbocycles. The fourth-order valence-electron chi connectivity index (χ4n) is 2.37. The van der Waals surface area contributed by atoms with Crippen molar-refractivity contribution in [3.05, 3.63) is 23.8 Å². The maximum atomic E-state index is 12.3. The maximum absolute atomic E-state index is 12.3. The lowest BCUT2D eigenvalue weighted by molar-refractivity contribution is -0.161. The van der Waals surface area contributed by atoms with Crippen LogP contribution in [-0.2, 0) is 35.0 Å². The molecule has 1 aromatic carbocycles. The Bertz CT molecular complexity index is 838. The van der Waals surface area contributed by atoms with Crippen molar-refractivity contribution in [2.24, 2.45) is 17.6 Å². The second kappa shape index (κ2) is 13.3. The average molecular weight is 469 g/mol. The van der Waals surface area contributed by atoms with Gasteiger partial charge in [-0.25, -0.2) is 9.59 Å². The molecule has 0 amide bonds. The van der Waals surface area contributed by atoms with Gasteiger partial charge in [-0.15, -0.1) is 0 Å². The number of methoxy groups -OCH3 is 2. The molecule has 1 rings (SSSR count). The fraction of sp³-hybridized carbons (Fsp3) is 0.545. The van der Waals surface area contributed by atoms with Crippen molar-refractivity contribution in [2.45, 2.75) is 46.3 Å². The van der Waals surface area contributed by atoms with Crippen molar-refractivity contribution in [3.63, 3.8) is 0 Å². The van der Waals surface area contributed by atoms with Gasteiger partial charge in [0.1, 0.15) is 18.8 Å². The van der Waals surface area contributed by atoms with E-state index in [4.69, 9.17) is 24.7 Å². The molecule has 0 aliphatic carbocycles. The minimum absolute atomic E-state index is 0.0196. The predicted octanol–water partition coefficient (Wildman–Crippen LogP) is 2.61. The van der Waals surface area contributed by atoms with Gasteiger partial charge in [-0.05, 0) is 37.0 Å². The van der Waals surface area contributed by atoms with E-state index in [0.29, 0.717) is 5.56 Å². The SMILES string of the molecule is COC(=O)Oc1ccc(C[C@H](N)C(=O)O[C@@H](C)COC(=O)C(C)C(C)C)cc1OC(=O)OC. The summed E-state index contributed by atoms with van der Waals surface area (Å²) in [6, 6.07) is 3.17. The Morgan fingerprint density at radius 3 is 2.00 bits per heavy atom. The smallest absolute Gasteiger partial charge is 0.462 e. The number of esters is 2. The molecule has 0 radical (unpaired) electrons. The van der Waals surface area contributed by atoms with Gasteiger partial charge in [0.05, 0.1) is 20.1 Å². The van der Waals surface area contributed by atoms with E-state index >= 15 is 0 Å². The van der Waals surface area contributed by atoms with Crippen LogP contribution in [0.25, 0.3) is 0 Å². The maximum Gasteiger partial charge on any atom is 0.513 e. The van der Waals surface area contributed by atoms with E-state index in [1.165, 1.54) is 18.2 Å². The summed E-state index contributed by atoms with van der Waals surface area (Å²) in [5.41, 5.74) is 6.43. The van der Waals surface area contributed by atoms with Crippen LogP contribution in [0.2, 0.25) is 0 Å². The van der Waals surface area contributed by atoms with Crippen LogP contribution in [0.4, 0.5) is 9.59 Å². The number of benzene rings is 1. The summed E-state index contributed by atoms with van der Waals surface area (Å²) < 4.78 is 29.2. The minimum Gasteiger partial charge on any atom is -0.462 e. The summed E-state index contributed by atoms with van der Waals surface area (Å²) in [6.07, 6.45) is -2.73. The average Bonchev–Trinajstić information content (AvgIpc) is 2.77. The molecule has 1 aromatic rings. The van der Waals surface area contributed by atoms with Gasteiger partial charge in [0, 0.05) is 0 Å². The Morgan fingerprint density at radius 1 is 0.879 bits per heavy atom. The zero-order valence-corrected chi connectivity index (χ0v) is 19.6. The molecule has 0 aromatic heterocycles. The molecule has 0 aliphatic heterocycles. The first-order valence-electron chi connectivity index (χ1n) is 10.3. The highest BCUT2D eigenvalue weighted by Gasteiger charge is 2.23. The quantitative estimate of drug-likeness (QED) is 0.306. The van der Waals surface area contributed by atoms with Crippen LogP contribution in [0.1, 0.15) is 33.3 Å². The Balaban J connectivity index is 2.76. The first-order valence-corrected chi connectivity index (χ1v) is 10.3. The number of rotatable bonds is 10. The third-order valence-electron chi connectivity index (χ3n) is 4.64. The lowest BCUT2D eigenvalue weighted by Crippen LogP contribution is -2.37. The summed E-state index contributed by atoms with van der Waals surface area (Å²) >= 11 is 0. The molecule has 2 N–H and O–H groups in total. The van der Waals surface area contributed by atoms with Crippen LogP contribution >= 0.6 is 0 Å². The number of ether oxygens (including phenoxy) is 6. The first-order chi connectivity index (χ1) is 15.5. The van der Waals surface area contributed by atoms with Crippen LogP contribution in [0.15, 0.2) is 18.2 Å². The molecule has 3 atom stereocenters. The van der Waals surface area contributed by atoms with Crippen LogP contribution in [0.5, 0.6) is 11.5 Å². The molecule has 1 unspecified atom stereocenters. The third-order valence-corrected chi connectivity index (χ3v) is 4.64. The van der Waals surface area contributed by atoms with Gasteiger partial charge in [0.15, 0.2) is 11.5 Å². The molecule has 0 heterocycles. The highest BCUT2D eigenvalue weighted by molar-refractivity contribution is 5.76. The summed E-state index contributed by atoms with van der Waals surface area (Å²) in [5, 5.41) is 0. The van der Waals surface area contributed by atoms with Crippen molar-refractivity contribution in [1.82, 2.24) is 0 Å². The van der Waals surface area contributed by atoms with E-state index < -0.39 is 30.4 Å². The normalized spacial score (nSPS) is 13.3. The number of hydrogen-bond acceptors (Lipinski definition) is 11. The molecule has 0 aliphatic rings. The molecule has 11 heteroatoms. The van der Waals surface area contributed by atoms with Gasteiger partial charge in [-0.1, -0.05) is 26.8 Å². The predicted molar refractivity (Wildman–Crippen MR) is 115 cm³/mol. The fourth-order valence-corrected chi connectivity index (χ4v) is 2.37. The molecular formula is C22H31NO10. The van der Waals surface area contributed by atoms with E-state index in [0.717, 1.165) is 14.2 Å². The second-order valence-corrected chi connectivity index (χ2v) is 7.61. The summed E-state index contributed by atoms with van der Waals surface area (Å²) in [4.78, 5) is 47.1. The number of nitrogens with two attached hydrogens (primary N) is 1. The van der Waals surface area contributed by atoms with Crippen molar-refractivity contribution >= 4 is 24.2 Å². The van der Waals surface area contributed by atoms with Crippen LogP contribution in [0.3, 0.4) is 0 Å². The Labute approximate surface area is 192 Å². The summed E-state index contributed by atoms with van der Waals surface area (Å²) in [7, 11) is 2.23. The lowest BCUT2D eigenvalue weighted by Gasteiger charge is -2.19. The lowest BCUT2D eigenvalue weighted by atomic mass is 9.99. The van der Waals surface area contributed by atoms with Gasteiger partial charge in [0.2, 0.25) is 0 Å². The minimum atomic E-state index is -1.06. The Hall–Kier alpha value is -3.34. The number of carbonyl (C=O) groups excluding carboxylic acids is 4. The monoisotopic (exact) mass is 469 g/mol. The standard InChI is InChI=1S/C22H31NO10/c1-12(2)14(4)19(24)30-11-13(3)31-20(25)16(23)9-15-7-8-17(32-21(26)28-5)18(10-15)33-22(27)29-6/h7-8,10,12-14,16H,9,11,23H2,1-6H3/t13-,14?,16-/m0/s1. The number of carbonyl (C=O) groups is 4. The Morgan fingerprint density at radius 2 is 1.45 bits per heavy atom.